The molecule has 0 aliphatic heterocycles. The molecule has 1 amide bonds. The maximum atomic E-state index is 13.3. The van der Waals surface area contributed by atoms with Gasteiger partial charge in [-0.2, -0.15) is 5.10 Å². The van der Waals surface area contributed by atoms with Crippen LogP contribution in [0.5, 0.6) is 11.5 Å². The van der Waals surface area contributed by atoms with Gasteiger partial charge in [0.25, 0.3) is 5.91 Å². The third-order valence-corrected chi connectivity index (χ3v) is 6.94. The fourth-order valence-corrected chi connectivity index (χ4v) is 4.57. The van der Waals surface area contributed by atoms with E-state index in [1.54, 1.807) is 32.0 Å². The minimum Gasteiger partial charge on any atom is -0.485 e. The number of aliphatic hydroxyl groups excluding tert-OH is 1. The van der Waals surface area contributed by atoms with E-state index in [1.165, 1.54) is 5.56 Å². The van der Waals surface area contributed by atoms with Gasteiger partial charge in [0, 0.05) is 11.8 Å². The zero-order valence-electron chi connectivity index (χ0n) is 25.1. The Hall–Kier alpha value is -4.46. The molecule has 3 atom stereocenters. The number of carbonyl (C=O) groups excluding carboxylic acids is 1. The van der Waals surface area contributed by atoms with Crippen molar-refractivity contribution in [2.75, 3.05) is 0 Å². The van der Waals surface area contributed by atoms with Crippen molar-refractivity contribution in [2.24, 2.45) is 5.10 Å². The van der Waals surface area contributed by atoms with Gasteiger partial charge in [-0.3, -0.25) is 4.79 Å². The SMILES string of the molecule is CC(C)=NNC(=O)[C@@H](NC(C)CCc1ccccc1)C(O)c1ccc(OCc2ccccc2)c(OCc2ccccc2)c1. The zero-order chi connectivity index (χ0) is 30.4. The number of hydrogen-bond donors (Lipinski definition) is 3. The number of ether oxygens (including phenoxy) is 2. The number of hydrazone groups is 1. The molecule has 4 rings (SSSR count). The molecule has 0 bridgehead atoms. The van der Waals surface area contributed by atoms with Crippen molar-refractivity contribution in [3.05, 3.63) is 131 Å². The number of hydrogen-bond acceptors (Lipinski definition) is 6. The summed E-state index contributed by atoms with van der Waals surface area (Å²) in [6.07, 6.45) is 0.457. The van der Waals surface area contributed by atoms with Gasteiger partial charge in [-0.05, 0) is 68.0 Å². The van der Waals surface area contributed by atoms with Gasteiger partial charge in [-0.25, -0.2) is 5.43 Å². The summed E-state index contributed by atoms with van der Waals surface area (Å²) in [4.78, 5) is 13.3. The zero-order valence-corrected chi connectivity index (χ0v) is 25.1. The first-order valence-electron chi connectivity index (χ1n) is 14.6. The van der Waals surface area contributed by atoms with Crippen molar-refractivity contribution in [2.45, 2.75) is 65.0 Å². The van der Waals surface area contributed by atoms with E-state index in [0.29, 0.717) is 36.0 Å². The number of nitrogens with zero attached hydrogens (tertiary/aromatic N) is 1. The van der Waals surface area contributed by atoms with Gasteiger partial charge >= 0.3 is 0 Å². The Balaban J connectivity index is 1.55. The quantitative estimate of drug-likeness (QED) is 0.112. The van der Waals surface area contributed by atoms with E-state index in [2.05, 4.69) is 28.0 Å². The maximum absolute atomic E-state index is 13.3. The topological polar surface area (TPSA) is 92.2 Å². The van der Waals surface area contributed by atoms with E-state index in [-0.39, 0.29) is 6.04 Å². The number of aryl methyl sites for hydroxylation is 1. The Kier molecular flexibility index (Phi) is 11.9. The molecule has 4 aromatic rings. The highest BCUT2D eigenvalue weighted by Gasteiger charge is 2.30. The first-order valence-corrected chi connectivity index (χ1v) is 14.6. The Morgan fingerprint density at radius 2 is 1.30 bits per heavy atom. The highest BCUT2D eigenvalue weighted by atomic mass is 16.5. The lowest BCUT2D eigenvalue weighted by Gasteiger charge is -2.27. The number of aliphatic hydroxyl groups is 1. The van der Waals surface area contributed by atoms with Gasteiger partial charge in [-0.1, -0.05) is 97.1 Å². The van der Waals surface area contributed by atoms with E-state index in [9.17, 15) is 9.90 Å². The predicted molar refractivity (Wildman–Crippen MR) is 171 cm³/mol. The fraction of sp³-hybridized carbons (Fsp3) is 0.278. The van der Waals surface area contributed by atoms with Crippen LogP contribution in [0.25, 0.3) is 0 Å². The average molecular weight is 580 g/mol. The molecule has 0 aliphatic rings. The number of rotatable bonds is 15. The smallest absolute Gasteiger partial charge is 0.260 e. The van der Waals surface area contributed by atoms with Crippen LogP contribution >= 0.6 is 0 Å². The Labute approximate surface area is 254 Å². The molecule has 4 aromatic carbocycles. The number of nitrogens with one attached hydrogen (secondary N) is 2. The second-order valence-corrected chi connectivity index (χ2v) is 10.8. The molecule has 0 aromatic heterocycles. The van der Waals surface area contributed by atoms with Crippen molar-refractivity contribution in [3.8, 4) is 11.5 Å². The van der Waals surface area contributed by atoms with Crippen molar-refractivity contribution in [3.63, 3.8) is 0 Å². The molecule has 43 heavy (non-hydrogen) atoms. The summed E-state index contributed by atoms with van der Waals surface area (Å²) >= 11 is 0. The second kappa shape index (κ2) is 16.2. The van der Waals surface area contributed by atoms with Crippen molar-refractivity contribution >= 4 is 11.6 Å². The Morgan fingerprint density at radius 3 is 1.86 bits per heavy atom. The van der Waals surface area contributed by atoms with E-state index in [0.717, 1.165) is 24.0 Å². The van der Waals surface area contributed by atoms with Crippen LogP contribution in [0.3, 0.4) is 0 Å². The molecule has 3 N–H and O–H groups in total. The molecule has 7 nitrogen and oxygen atoms in total. The molecule has 0 saturated carbocycles. The first kappa shape index (κ1) is 31.5. The van der Waals surface area contributed by atoms with E-state index in [1.807, 2.05) is 85.8 Å². The molecule has 7 heteroatoms. The highest BCUT2D eigenvalue weighted by molar-refractivity contribution is 5.85. The van der Waals surface area contributed by atoms with E-state index >= 15 is 0 Å². The minimum atomic E-state index is -1.17. The largest absolute Gasteiger partial charge is 0.485 e. The molecular formula is C36H41N3O4. The standard InChI is InChI=1S/C36H41N3O4/c1-26(2)38-39-36(41)34(37-27(3)19-20-28-13-7-4-8-14-28)35(40)31-21-22-32(42-24-29-15-9-5-10-16-29)33(23-31)43-25-30-17-11-6-12-18-30/h4-18,21-23,27,34-35,37,40H,19-20,24-25H2,1-3H3,(H,39,41)/t27?,34-,35?/m0/s1. The van der Waals surface area contributed by atoms with Crippen molar-refractivity contribution < 1.29 is 19.4 Å². The fourth-order valence-electron chi connectivity index (χ4n) is 4.57. The van der Waals surface area contributed by atoms with Gasteiger partial charge in [0.2, 0.25) is 0 Å². The lowest BCUT2D eigenvalue weighted by Crippen LogP contribution is -2.50. The first-order chi connectivity index (χ1) is 20.9. The Morgan fingerprint density at radius 1 is 0.767 bits per heavy atom. The molecule has 0 saturated heterocycles. The average Bonchev–Trinajstić information content (AvgIpc) is 3.04. The van der Waals surface area contributed by atoms with Crippen molar-refractivity contribution in [1.29, 1.82) is 0 Å². The van der Waals surface area contributed by atoms with E-state index in [4.69, 9.17) is 9.47 Å². The molecule has 0 aliphatic carbocycles. The summed E-state index contributed by atoms with van der Waals surface area (Å²) in [5.41, 5.74) is 7.07. The molecule has 0 fully saturated rings. The summed E-state index contributed by atoms with van der Waals surface area (Å²) in [6.45, 7) is 6.30. The summed E-state index contributed by atoms with van der Waals surface area (Å²) in [5.74, 6) is 0.610. The highest BCUT2D eigenvalue weighted by Crippen LogP contribution is 2.33. The van der Waals surface area contributed by atoms with Gasteiger partial charge in [0.05, 0.1) is 0 Å². The summed E-state index contributed by atoms with van der Waals surface area (Å²) in [6, 6.07) is 34.2. The predicted octanol–water partition coefficient (Wildman–Crippen LogP) is 6.37. The summed E-state index contributed by atoms with van der Waals surface area (Å²) in [5, 5.41) is 19.0. The molecule has 2 unspecified atom stereocenters. The Bertz CT molecular complexity index is 1440. The molecule has 0 heterocycles. The van der Waals surface area contributed by atoms with Crippen LogP contribution in [0.1, 0.15) is 55.5 Å². The van der Waals surface area contributed by atoms with Crippen LogP contribution in [0.2, 0.25) is 0 Å². The van der Waals surface area contributed by atoms with Gasteiger partial charge in [0.15, 0.2) is 11.5 Å². The van der Waals surface area contributed by atoms with Crippen LogP contribution in [-0.2, 0) is 24.4 Å². The van der Waals surface area contributed by atoms with Crippen LogP contribution in [0, 0.1) is 0 Å². The van der Waals surface area contributed by atoms with Crippen LogP contribution in [-0.4, -0.2) is 28.8 Å². The third kappa shape index (κ3) is 10.1. The number of amides is 1. The number of benzene rings is 4. The van der Waals surface area contributed by atoms with Crippen LogP contribution < -0.4 is 20.2 Å². The lowest BCUT2D eigenvalue weighted by molar-refractivity contribution is -0.126. The monoisotopic (exact) mass is 579 g/mol. The normalized spacial score (nSPS) is 12.9. The van der Waals surface area contributed by atoms with Crippen molar-refractivity contribution in [1.82, 2.24) is 10.7 Å². The maximum Gasteiger partial charge on any atom is 0.260 e. The summed E-state index contributed by atoms with van der Waals surface area (Å²) < 4.78 is 12.3. The van der Waals surface area contributed by atoms with Gasteiger partial charge in [-0.15, -0.1) is 0 Å². The van der Waals surface area contributed by atoms with Crippen LogP contribution in [0.4, 0.5) is 0 Å². The second-order valence-electron chi connectivity index (χ2n) is 10.8. The summed E-state index contributed by atoms with van der Waals surface area (Å²) in [7, 11) is 0. The third-order valence-electron chi connectivity index (χ3n) is 6.94. The van der Waals surface area contributed by atoms with Gasteiger partial charge in [0.1, 0.15) is 25.4 Å². The molecular weight excluding hydrogens is 538 g/mol. The molecule has 0 radical (unpaired) electrons. The lowest BCUT2D eigenvalue weighted by atomic mass is 9.99. The molecule has 224 valence electrons. The number of carbonyl (C=O) groups is 1. The van der Waals surface area contributed by atoms with Crippen LogP contribution in [0.15, 0.2) is 114 Å². The minimum absolute atomic E-state index is 0.0559. The van der Waals surface area contributed by atoms with E-state index < -0.39 is 18.1 Å². The molecule has 0 spiro atoms. The van der Waals surface area contributed by atoms with Gasteiger partial charge < -0.3 is 19.9 Å².